The van der Waals surface area contributed by atoms with Gasteiger partial charge in [-0.05, 0) is 54.8 Å². The predicted octanol–water partition coefficient (Wildman–Crippen LogP) is 1.73. The van der Waals surface area contributed by atoms with Gasteiger partial charge in [0.1, 0.15) is 17.8 Å². The lowest BCUT2D eigenvalue weighted by Crippen LogP contribution is -2.67. The second-order valence-electron chi connectivity index (χ2n) is 7.96. The lowest BCUT2D eigenvalue weighted by atomic mass is 9.92. The zero-order chi connectivity index (χ0) is 22.9. The third-order valence-corrected chi connectivity index (χ3v) is 7.64. The van der Waals surface area contributed by atoms with Gasteiger partial charge in [0.15, 0.2) is 0 Å². The molecule has 32 heavy (non-hydrogen) atoms. The molecule has 2 aromatic rings. The van der Waals surface area contributed by atoms with Crippen LogP contribution in [0.2, 0.25) is 5.02 Å². The number of carbonyl (C=O) groups is 2. The number of ether oxygens (including phenoxy) is 1. The number of piperazine rings is 1. The Hall–Kier alpha value is -2.62. The van der Waals surface area contributed by atoms with Crippen molar-refractivity contribution in [3.63, 3.8) is 0 Å². The summed E-state index contributed by atoms with van der Waals surface area (Å²) in [5, 5.41) is 3.25. The van der Waals surface area contributed by atoms with Gasteiger partial charge in [0.05, 0.1) is 12.0 Å². The van der Waals surface area contributed by atoms with Crippen molar-refractivity contribution in [1.29, 1.82) is 0 Å². The van der Waals surface area contributed by atoms with Crippen LogP contribution in [0.1, 0.15) is 18.4 Å². The van der Waals surface area contributed by atoms with E-state index in [-0.39, 0.29) is 23.1 Å². The van der Waals surface area contributed by atoms with Crippen LogP contribution in [0.15, 0.2) is 53.4 Å². The Kier molecular flexibility index (Phi) is 6.41. The molecule has 8 nitrogen and oxygen atoms in total. The van der Waals surface area contributed by atoms with E-state index in [4.69, 9.17) is 16.3 Å². The van der Waals surface area contributed by atoms with Crippen molar-refractivity contribution in [2.45, 2.75) is 42.3 Å². The Morgan fingerprint density at radius 1 is 1.12 bits per heavy atom. The Bertz CT molecular complexity index is 1110. The molecule has 2 aliphatic heterocycles. The molecule has 0 spiro atoms. The molecule has 2 aliphatic rings. The Balaban J connectivity index is 1.41. The van der Waals surface area contributed by atoms with Crippen LogP contribution in [0.5, 0.6) is 5.75 Å². The highest BCUT2D eigenvalue weighted by Gasteiger charge is 2.44. The molecule has 0 saturated carbocycles. The van der Waals surface area contributed by atoms with Crippen LogP contribution < -0.4 is 14.8 Å². The number of carbonyl (C=O) groups excluding carboxylic acids is 2. The molecule has 2 amide bonds. The number of nitrogens with one attached hydrogen (secondary N) is 2. The molecule has 10 heteroatoms. The lowest BCUT2D eigenvalue weighted by molar-refractivity contribution is -0.151. The first-order valence-corrected chi connectivity index (χ1v) is 12.1. The number of nitrogens with zero attached hydrogens (tertiary/aromatic N) is 1. The Morgan fingerprint density at radius 2 is 1.81 bits per heavy atom. The largest absolute Gasteiger partial charge is 0.497 e. The standard InChI is InChI=1S/C22H24ClN3O5S/c1-31-17-6-2-14(3-7-17)12-19-22(28)26-11-10-16(13-20(26)21(27)24-19)25-32(29,30)18-8-4-15(23)5-9-18/h2-9,16,19-20,25H,10-13H2,1H3,(H,24,27)/t16-,19-,20-/m0/s1. The molecule has 0 unspecified atom stereocenters. The molecular formula is C22H24ClN3O5S. The van der Waals surface area contributed by atoms with Crippen LogP contribution in [0.3, 0.4) is 0 Å². The van der Waals surface area contributed by atoms with Crippen LogP contribution >= 0.6 is 11.6 Å². The minimum absolute atomic E-state index is 0.105. The van der Waals surface area contributed by atoms with Crippen LogP contribution in [0, 0.1) is 0 Å². The molecule has 4 rings (SSSR count). The van der Waals surface area contributed by atoms with Crippen LogP contribution in [0.25, 0.3) is 0 Å². The Morgan fingerprint density at radius 3 is 2.47 bits per heavy atom. The monoisotopic (exact) mass is 477 g/mol. The molecule has 0 bridgehead atoms. The van der Waals surface area contributed by atoms with E-state index in [9.17, 15) is 18.0 Å². The number of sulfonamides is 1. The van der Waals surface area contributed by atoms with E-state index >= 15 is 0 Å². The fourth-order valence-corrected chi connectivity index (χ4v) is 5.56. The van der Waals surface area contributed by atoms with Crippen molar-refractivity contribution in [3.05, 3.63) is 59.1 Å². The van der Waals surface area contributed by atoms with Gasteiger partial charge in [0.2, 0.25) is 21.8 Å². The van der Waals surface area contributed by atoms with Crippen molar-refractivity contribution in [2.75, 3.05) is 13.7 Å². The van der Waals surface area contributed by atoms with Crippen molar-refractivity contribution in [1.82, 2.24) is 14.9 Å². The summed E-state index contributed by atoms with van der Waals surface area (Å²) in [6, 6.07) is 11.4. The molecule has 0 aromatic heterocycles. The zero-order valence-corrected chi connectivity index (χ0v) is 19.0. The molecule has 0 radical (unpaired) electrons. The number of hydrogen-bond donors (Lipinski definition) is 2. The molecule has 3 atom stereocenters. The smallest absolute Gasteiger partial charge is 0.246 e. The fraction of sp³-hybridized carbons (Fsp3) is 0.364. The average molecular weight is 478 g/mol. The van der Waals surface area contributed by atoms with Gasteiger partial charge < -0.3 is 15.0 Å². The first-order valence-electron chi connectivity index (χ1n) is 10.3. The van der Waals surface area contributed by atoms with Gasteiger partial charge in [-0.3, -0.25) is 9.59 Å². The maximum Gasteiger partial charge on any atom is 0.246 e. The number of piperidine rings is 1. The van der Waals surface area contributed by atoms with Crippen molar-refractivity contribution < 1.29 is 22.7 Å². The number of methoxy groups -OCH3 is 1. The summed E-state index contributed by atoms with van der Waals surface area (Å²) in [7, 11) is -2.17. The summed E-state index contributed by atoms with van der Waals surface area (Å²) >= 11 is 5.83. The van der Waals surface area contributed by atoms with Gasteiger partial charge in [-0.1, -0.05) is 23.7 Å². The molecule has 2 heterocycles. The number of benzene rings is 2. The van der Waals surface area contributed by atoms with E-state index in [0.717, 1.165) is 11.3 Å². The van der Waals surface area contributed by atoms with E-state index in [1.165, 1.54) is 24.3 Å². The first-order chi connectivity index (χ1) is 15.3. The molecule has 170 valence electrons. The second-order valence-corrected chi connectivity index (χ2v) is 10.1. The van der Waals surface area contributed by atoms with Crippen LogP contribution in [-0.2, 0) is 26.0 Å². The quantitative estimate of drug-likeness (QED) is 0.659. The first kappa shape index (κ1) is 22.6. The lowest BCUT2D eigenvalue weighted by Gasteiger charge is -2.44. The summed E-state index contributed by atoms with van der Waals surface area (Å²) in [4.78, 5) is 27.5. The summed E-state index contributed by atoms with van der Waals surface area (Å²) < 4.78 is 33.2. The van der Waals surface area contributed by atoms with E-state index in [1.54, 1.807) is 12.0 Å². The van der Waals surface area contributed by atoms with Gasteiger partial charge >= 0.3 is 0 Å². The van der Waals surface area contributed by atoms with Crippen molar-refractivity contribution >= 4 is 33.4 Å². The molecule has 2 N–H and O–H groups in total. The molecular weight excluding hydrogens is 454 g/mol. The highest BCUT2D eigenvalue weighted by atomic mass is 35.5. The second kappa shape index (κ2) is 9.09. The fourth-order valence-electron chi connectivity index (χ4n) is 4.15. The van der Waals surface area contributed by atoms with Crippen LogP contribution in [-0.4, -0.2) is 56.9 Å². The minimum atomic E-state index is -3.76. The number of fused-ring (bicyclic) bond motifs is 1. The topological polar surface area (TPSA) is 105 Å². The van der Waals surface area contributed by atoms with Crippen molar-refractivity contribution in [3.8, 4) is 5.75 Å². The summed E-state index contributed by atoms with van der Waals surface area (Å²) in [6.07, 6.45) is 1.03. The Labute approximate surface area is 191 Å². The van der Waals surface area contributed by atoms with E-state index < -0.39 is 28.1 Å². The summed E-state index contributed by atoms with van der Waals surface area (Å²) in [6.45, 7) is 0.309. The zero-order valence-electron chi connectivity index (χ0n) is 17.5. The van der Waals surface area contributed by atoms with Gasteiger partial charge in [0, 0.05) is 24.0 Å². The normalized spacial score (nSPS) is 23.4. The number of hydrogen-bond acceptors (Lipinski definition) is 5. The average Bonchev–Trinajstić information content (AvgIpc) is 2.78. The molecule has 0 aliphatic carbocycles. The maximum atomic E-state index is 13.0. The van der Waals surface area contributed by atoms with Crippen molar-refractivity contribution in [2.24, 2.45) is 0 Å². The van der Waals surface area contributed by atoms with Crippen LogP contribution in [0.4, 0.5) is 0 Å². The minimum Gasteiger partial charge on any atom is -0.497 e. The third-order valence-electron chi connectivity index (χ3n) is 5.85. The number of rotatable bonds is 6. The van der Waals surface area contributed by atoms with E-state index in [0.29, 0.717) is 24.4 Å². The molecule has 2 fully saturated rings. The van der Waals surface area contributed by atoms with Gasteiger partial charge in [0.25, 0.3) is 0 Å². The van der Waals surface area contributed by atoms with Gasteiger partial charge in [-0.15, -0.1) is 0 Å². The summed E-state index contributed by atoms with van der Waals surface area (Å²) in [5.74, 6) is 0.305. The predicted molar refractivity (Wildman–Crippen MR) is 119 cm³/mol. The van der Waals surface area contributed by atoms with Gasteiger partial charge in [-0.25, -0.2) is 13.1 Å². The summed E-state index contributed by atoms with van der Waals surface area (Å²) in [5.41, 5.74) is 0.911. The van der Waals surface area contributed by atoms with E-state index in [1.807, 2.05) is 24.3 Å². The highest BCUT2D eigenvalue weighted by Crippen LogP contribution is 2.25. The highest BCUT2D eigenvalue weighted by molar-refractivity contribution is 7.89. The third kappa shape index (κ3) is 4.74. The van der Waals surface area contributed by atoms with Gasteiger partial charge in [-0.2, -0.15) is 0 Å². The number of amides is 2. The number of halogens is 1. The molecule has 2 aromatic carbocycles. The van der Waals surface area contributed by atoms with E-state index in [2.05, 4.69) is 10.0 Å². The maximum absolute atomic E-state index is 13.0. The SMILES string of the molecule is COc1ccc(C[C@@H]2NC(=O)[C@@H]3C[C@@H](NS(=O)(=O)c4ccc(Cl)cc4)CCN3C2=O)cc1. The molecule has 2 saturated heterocycles.